The van der Waals surface area contributed by atoms with E-state index in [1.165, 1.54) is 8.99 Å². The van der Waals surface area contributed by atoms with Gasteiger partial charge in [0.2, 0.25) is 5.03 Å². The number of hydrogen-bond acceptors (Lipinski definition) is 4. The van der Waals surface area contributed by atoms with Crippen molar-refractivity contribution in [3.05, 3.63) is 4.60 Å². The minimum atomic E-state index is -3.56. The van der Waals surface area contributed by atoms with Crippen molar-refractivity contribution in [3.8, 4) is 0 Å². The van der Waals surface area contributed by atoms with Gasteiger partial charge in [-0.1, -0.05) is 12.1 Å². The van der Waals surface area contributed by atoms with Gasteiger partial charge in [0.1, 0.15) is 0 Å². The molecule has 8 heteroatoms. The van der Waals surface area contributed by atoms with Crippen molar-refractivity contribution < 1.29 is 8.42 Å². The fourth-order valence-electron chi connectivity index (χ4n) is 1.58. The lowest BCUT2D eigenvalue weighted by molar-refractivity contribution is 0.350. The minimum Gasteiger partial charge on any atom is -0.235 e. The molecule has 0 atom stereocenters. The number of aryl methyl sites for hydroxylation is 1. The number of nitrogens with zero attached hydrogens (tertiary/aromatic N) is 4. The zero-order valence-electron chi connectivity index (χ0n) is 10.4. The highest BCUT2D eigenvalue weighted by atomic mass is 79.9. The molecule has 1 rings (SSSR count). The third-order valence-corrected chi connectivity index (χ3v) is 5.27. The van der Waals surface area contributed by atoms with Gasteiger partial charge in [0.25, 0.3) is 10.0 Å². The summed E-state index contributed by atoms with van der Waals surface area (Å²) in [6.07, 6.45) is 0.764. The summed E-state index contributed by atoms with van der Waals surface area (Å²) < 4.78 is 27.9. The van der Waals surface area contributed by atoms with Gasteiger partial charge in [-0.2, -0.15) is 4.31 Å². The molecule has 98 valence electrons. The van der Waals surface area contributed by atoms with Crippen LogP contribution in [0.3, 0.4) is 0 Å². The highest BCUT2D eigenvalue weighted by molar-refractivity contribution is 9.10. The van der Waals surface area contributed by atoms with Crippen LogP contribution in [0.1, 0.15) is 27.2 Å². The Kier molecular flexibility index (Phi) is 4.68. The monoisotopic (exact) mass is 324 g/mol. The molecule has 0 aliphatic carbocycles. The molecule has 0 aliphatic rings. The molecule has 1 heterocycles. The lowest BCUT2D eigenvalue weighted by Crippen LogP contribution is -2.38. The van der Waals surface area contributed by atoms with E-state index in [1.54, 1.807) is 7.05 Å². The quantitative estimate of drug-likeness (QED) is 0.820. The summed E-state index contributed by atoms with van der Waals surface area (Å²) in [4.78, 5) is 0. The molecular formula is C9H17BrN4O2S. The average Bonchev–Trinajstić information content (AvgIpc) is 2.54. The fraction of sp³-hybridized carbons (Fsp3) is 0.778. The molecule has 0 spiro atoms. The molecule has 0 amide bonds. The maximum absolute atomic E-state index is 12.5. The summed E-state index contributed by atoms with van der Waals surface area (Å²) in [5, 5.41) is 7.50. The van der Waals surface area contributed by atoms with Crippen molar-refractivity contribution in [2.75, 3.05) is 6.54 Å². The lowest BCUT2D eigenvalue weighted by Gasteiger charge is -2.25. The van der Waals surface area contributed by atoms with Gasteiger partial charge >= 0.3 is 0 Å². The summed E-state index contributed by atoms with van der Waals surface area (Å²) in [7, 11) is -1.99. The van der Waals surface area contributed by atoms with E-state index in [0.29, 0.717) is 6.54 Å². The summed E-state index contributed by atoms with van der Waals surface area (Å²) in [5.41, 5.74) is 0. The van der Waals surface area contributed by atoms with Crippen LogP contribution in [0.4, 0.5) is 0 Å². The number of sulfonamides is 1. The Morgan fingerprint density at radius 3 is 2.41 bits per heavy atom. The number of hydrogen-bond donors (Lipinski definition) is 0. The van der Waals surface area contributed by atoms with Crippen molar-refractivity contribution >= 4 is 26.0 Å². The number of halogens is 1. The van der Waals surface area contributed by atoms with Crippen LogP contribution in [0.5, 0.6) is 0 Å². The topological polar surface area (TPSA) is 68.1 Å². The van der Waals surface area contributed by atoms with Crippen LogP contribution < -0.4 is 0 Å². The lowest BCUT2D eigenvalue weighted by atomic mass is 10.4. The molecule has 0 radical (unpaired) electrons. The standard InChI is InChI=1S/C9H17BrN4O2S/c1-5-6-14(7(2)3)17(15,16)9-8(10)11-12-13(9)4/h7H,5-6H2,1-4H3. The SMILES string of the molecule is CCCN(C(C)C)S(=O)(=O)c1c(Br)nnn1C. The predicted octanol–water partition coefficient (Wildman–Crippen LogP) is 1.39. The van der Waals surface area contributed by atoms with E-state index >= 15 is 0 Å². The molecule has 0 unspecified atom stereocenters. The second-order valence-electron chi connectivity index (χ2n) is 4.02. The van der Waals surface area contributed by atoms with Crippen molar-refractivity contribution in [1.29, 1.82) is 0 Å². The molecule has 17 heavy (non-hydrogen) atoms. The number of aromatic nitrogens is 3. The van der Waals surface area contributed by atoms with Crippen LogP contribution in [-0.2, 0) is 17.1 Å². The van der Waals surface area contributed by atoms with Crippen molar-refractivity contribution in [3.63, 3.8) is 0 Å². The third kappa shape index (κ3) is 2.86. The van der Waals surface area contributed by atoms with Gasteiger partial charge in [-0.3, -0.25) is 0 Å². The second-order valence-corrected chi connectivity index (χ2v) is 6.58. The maximum atomic E-state index is 12.5. The Morgan fingerprint density at radius 2 is 2.06 bits per heavy atom. The first kappa shape index (κ1) is 14.6. The normalized spacial score (nSPS) is 12.6. The zero-order valence-corrected chi connectivity index (χ0v) is 12.8. The van der Waals surface area contributed by atoms with E-state index in [1.807, 2.05) is 20.8 Å². The van der Waals surface area contributed by atoms with E-state index in [2.05, 4.69) is 26.2 Å². The fourth-order valence-corrected chi connectivity index (χ4v) is 4.35. The van der Waals surface area contributed by atoms with Crippen molar-refractivity contribution in [1.82, 2.24) is 19.3 Å². The first-order valence-electron chi connectivity index (χ1n) is 5.39. The molecule has 0 aliphatic heterocycles. The smallest absolute Gasteiger partial charge is 0.235 e. The van der Waals surface area contributed by atoms with Gasteiger partial charge in [-0.05, 0) is 36.2 Å². The molecule has 0 bridgehead atoms. The third-order valence-electron chi connectivity index (χ3n) is 2.31. The molecule has 0 aromatic carbocycles. The first-order chi connectivity index (χ1) is 7.82. The molecular weight excluding hydrogens is 308 g/mol. The van der Waals surface area contributed by atoms with E-state index in [4.69, 9.17) is 0 Å². The summed E-state index contributed by atoms with van der Waals surface area (Å²) in [5.74, 6) is 0. The first-order valence-corrected chi connectivity index (χ1v) is 7.62. The van der Waals surface area contributed by atoms with Gasteiger partial charge in [0.05, 0.1) is 0 Å². The molecule has 1 aromatic rings. The minimum absolute atomic E-state index is 0.0956. The summed E-state index contributed by atoms with van der Waals surface area (Å²) in [6, 6.07) is -0.0956. The Balaban J connectivity index is 3.26. The van der Waals surface area contributed by atoms with Gasteiger partial charge in [0, 0.05) is 19.6 Å². The van der Waals surface area contributed by atoms with Crippen LogP contribution >= 0.6 is 15.9 Å². The molecule has 1 aromatic heterocycles. The van der Waals surface area contributed by atoms with Crippen LogP contribution in [0.15, 0.2) is 9.63 Å². The van der Waals surface area contributed by atoms with Gasteiger partial charge in [-0.15, -0.1) is 5.10 Å². The summed E-state index contributed by atoms with van der Waals surface area (Å²) in [6.45, 7) is 6.13. The van der Waals surface area contributed by atoms with Crippen LogP contribution in [0, 0.1) is 0 Å². The van der Waals surface area contributed by atoms with Crippen molar-refractivity contribution in [2.24, 2.45) is 7.05 Å². The maximum Gasteiger partial charge on any atom is 0.263 e. The van der Waals surface area contributed by atoms with Crippen LogP contribution in [0.25, 0.3) is 0 Å². The zero-order chi connectivity index (χ0) is 13.2. The van der Waals surface area contributed by atoms with Crippen LogP contribution in [-0.4, -0.2) is 40.3 Å². The summed E-state index contributed by atoms with van der Waals surface area (Å²) >= 11 is 3.12. The highest BCUT2D eigenvalue weighted by Crippen LogP contribution is 2.23. The van der Waals surface area contributed by atoms with E-state index in [9.17, 15) is 8.42 Å². The Morgan fingerprint density at radius 1 is 1.47 bits per heavy atom. The highest BCUT2D eigenvalue weighted by Gasteiger charge is 2.32. The Bertz CT molecular complexity index is 464. The predicted molar refractivity (Wildman–Crippen MR) is 68.0 cm³/mol. The molecule has 0 N–H and O–H groups in total. The van der Waals surface area contributed by atoms with E-state index < -0.39 is 10.0 Å². The Labute approximate surface area is 110 Å². The number of rotatable bonds is 5. The molecule has 6 nitrogen and oxygen atoms in total. The largest absolute Gasteiger partial charge is 0.263 e. The van der Waals surface area contributed by atoms with Crippen molar-refractivity contribution in [2.45, 2.75) is 38.3 Å². The van der Waals surface area contributed by atoms with Crippen LogP contribution in [0.2, 0.25) is 0 Å². The molecule has 0 saturated carbocycles. The van der Waals surface area contributed by atoms with Gasteiger partial charge in [-0.25, -0.2) is 13.1 Å². The van der Waals surface area contributed by atoms with E-state index in [0.717, 1.165) is 6.42 Å². The van der Waals surface area contributed by atoms with Gasteiger partial charge in [0.15, 0.2) is 4.60 Å². The van der Waals surface area contributed by atoms with E-state index in [-0.39, 0.29) is 15.7 Å². The average molecular weight is 325 g/mol. The second kappa shape index (κ2) is 5.45. The van der Waals surface area contributed by atoms with Gasteiger partial charge < -0.3 is 0 Å². The molecule has 0 fully saturated rings. The molecule has 0 saturated heterocycles. The Hall–Kier alpha value is -0.470.